The molecular formula is C20H15ClN4O. The van der Waals surface area contributed by atoms with E-state index in [0.29, 0.717) is 27.7 Å². The van der Waals surface area contributed by atoms with Gasteiger partial charge in [0, 0.05) is 22.6 Å². The lowest BCUT2D eigenvalue weighted by Crippen LogP contribution is -2.12. The van der Waals surface area contributed by atoms with Gasteiger partial charge in [-0.25, -0.2) is 4.98 Å². The minimum atomic E-state index is -0.267. The second kappa shape index (κ2) is 7.68. The first-order chi connectivity index (χ1) is 12.5. The molecule has 128 valence electrons. The zero-order valence-electron chi connectivity index (χ0n) is 14.0. The van der Waals surface area contributed by atoms with Crippen molar-refractivity contribution >= 4 is 34.7 Å². The highest BCUT2D eigenvalue weighted by molar-refractivity contribution is 6.30. The third-order valence-corrected chi connectivity index (χ3v) is 3.98. The molecule has 2 N–H and O–H groups in total. The summed E-state index contributed by atoms with van der Waals surface area (Å²) < 4.78 is 0. The molecule has 2 aromatic carbocycles. The third kappa shape index (κ3) is 4.18. The normalized spacial score (nSPS) is 10.0. The number of carbonyl (C=O) groups is 1. The number of carbonyl (C=O) groups excluding carboxylic acids is 1. The Hall–Kier alpha value is -3.36. The van der Waals surface area contributed by atoms with Crippen LogP contribution in [0, 0.1) is 18.3 Å². The lowest BCUT2D eigenvalue weighted by Gasteiger charge is -2.10. The van der Waals surface area contributed by atoms with Gasteiger partial charge in [0.1, 0.15) is 5.82 Å². The number of pyridine rings is 1. The van der Waals surface area contributed by atoms with Crippen LogP contribution in [0.3, 0.4) is 0 Å². The van der Waals surface area contributed by atoms with E-state index in [2.05, 4.69) is 15.6 Å². The summed E-state index contributed by atoms with van der Waals surface area (Å²) in [6.45, 7) is 1.95. The summed E-state index contributed by atoms with van der Waals surface area (Å²) in [7, 11) is 0. The van der Waals surface area contributed by atoms with Crippen molar-refractivity contribution in [2.75, 3.05) is 10.6 Å². The van der Waals surface area contributed by atoms with E-state index in [1.165, 1.54) is 6.20 Å². The summed E-state index contributed by atoms with van der Waals surface area (Å²) in [6, 6.07) is 17.7. The van der Waals surface area contributed by atoms with Gasteiger partial charge in [-0.2, -0.15) is 5.26 Å². The largest absolute Gasteiger partial charge is 0.340 e. The average Bonchev–Trinajstić information content (AvgIpc) is 2.65. The van der Waals surface area contributed by atoms with Crippen LogP contribution in [0.15, 0.2) is 60.8 Å². The summed E-state index contributed by atoms with van der Waals surface area (Å²) in [5.74, 6) is 0.363. The lowest BCUT2D eigenvalue weighted by atomic mass is 10.2. The summed E-state index contributed by atoms with van der Waals surface area (Å²) >= 11 is 5.96. The van der Waals surface area contributed by atoms with Gasteiger partial charge in [-0.3, -0.25) is 4.79 Å². The van der Waals surface area contributed by atoms with Crippen molar-refractivity contribution < 1.29 is 4.79 Å². The maximum Gasteiger partial charge on any atom is 0.257 e. The van der Waals surface area contributed by atoms with Crippen LogP contribution in [-0.2, 0) is 0 Å². The fraction of sp³-hybridized carbons (Fsp3) is 0.0500. The van der Waals surface area contributed by atoms with E-state index >= 15 is 0 Å². The molecule has 0 aliphatic heterocycles. The maximum absolute atomic E-state index is 12.3. The number of nitrogens with zero attached hydrogens (tertiary/aromatic N) is 2. The highest BCUT2D eigenvalue weighted by atomic mass is 35.5. The fourth-order valence-electron chi connectivity index (χ4n) is 2.34. The van der Waals surface area contributed by atoms with Gasteiger partial charge in [0.15, 0.2) is 0 Å². The lowest BCUT2D eigenvalue weighted by molar-refractivity contribution is 0.102. The summed E-state index contributed by atoms with van der Waals surface area (Å²) in [5.41, 5.74) is 3.50. The molecule has 0 unspecified atom stereocenters. The number of rotatable bonds is 4. The SMILES string of the molecule is Cc1cc(Cl)ccc1Nc1ccc(C(=O)Nc2ccc(C#N)cc2)cn1. The Balaban J connectivity index is 1.68. The molecule has 0 bridgehead atoms. The zero-order valence-corrected chi connectivity index (χ0v) is 14.7. The Bertz CT molecular complexity index is 976. The molecule has 3 rings (SSSR count). The van der Waals surface area contributed by atoms with Crippen molar-refractivity contribution in [1.82, 2.24) is 4.98 Å². The van der Waals surface area contributed by atoms with Gasteiger partial charge in [-0.05, 0) is 67.1 Å². The van der Waals surface area contributed by atoms with Crippen LogP contribution in [-0.4, -0.2) is 10.9 Å². The molecule has 0 saturated carbocycles. The Labute approximate surface area is 156 Å². The number of nitrogens with one attached hydrogen (secondary N) is 2. The second-order valence-electron chi connectivity index (χ2n) is 5.66. The van der Waals surface area contributed by atoms with E-state index < -0.39 is 0 Å². The van der Waals surface area contributed by atoms with Gasteiger partial charge in [0.2, 0.25) is 0 Å². The van der Waals surface area contributed by atoms with Crippen LogP contribution in [0.4, 0.5) is 17.2 Å². The van der Waals surface area contributed by atoms with E-state index in [0.717, 1.165) is 11.3 Å². The Morgan fingerprint density at radius 2 is 1.88 bits per heavy atom. The molecule has 0 aliphatic rings. The van der Waals surface area contributed by atoms with Crippen molar-refractivity contribution in [2.45, 2.75) is 6.92 Å². The number of hydrogen-bond acceptors (Lipinski definition) is 4. The molecule has 0 aliphatic carbocycles. The smallest absolute Gasteiger partial charge is 0.257 e. The topological polar surface area (TPSA) is 77.8 Å². The van der Waals surface area contributed by atoms with E-state index in [1.807, 2.05) is 25.1 Å². The molecule has 3 aromatic rings. The molecule has 0 atom stereocenters. The molecule has 0 fully saturated rings. The highest BCUT2D eigenvalue weighted by Gasteiger charge is 2.08. The van der Waals surface area contributed by atoms with Crippen molar-refractivity contribution in [3.63, 3.8) is 0 Å². The molecule has 0 saturated heterocycles. The Kier molecular flexibility index (Phi) is 5.16. The summed E-state index contributed by atoms with van der Waals surface area (Å²) in [6.07, 6.45) is 1.51. The minimum absolute atomic E-state index is 0.267. The molecule has 0 spiro atoms. The monoisotopic (exact) mass is 362 g/mol. The van der Waals surface area contributed by atoms with E-state index in [1.54, 1.807) is 42.5 Å². The predicted octanol–water partition coefficient (Wildman–Crippen LogP) is 4.91. The number of benzene rings is 2. The molecule has 1 aromatic heterocycles. The van der Waals surface area contributed by atoms with Gasteiger partial charge in [0.25, 0.3) is 5.91 Å². The first-order valence-electron chi connectivity index (χ1n) is 7.86. The van der Waals surface area contributed by atoms with Crippen LogP contribution in [0.2, 0.25) is 5.02 Å². The first kappa shape index (κ1) is 17.5. The number of amides is 1. The average molecular weight is 363 g/mol. The number of hydrogen-bond donors (Lipinski definition) is 2. The van der Waals surface area contributed by atoms with Gasteiger partial charge < -0.3 is 10.6 Å². The summed E-state index contributed by atoms with van der Waals surface area (Å²) in [5, 5.41) is 15.4. The predicted molar refractivity (Wildman–Crippen MR) is 103 cm³/mol. The molecule has 1 amide bonds. The number of aromatic nitrogens is 1. The standard InChI is InChI=1S/C20H15ClN4O/c1-13-10-16(21)5-8-18(13)25-19-9-4-15(12-23-19)20(26)24-17-6-2-14(11-22)3-7-17/h2-10,12H,1H3,(H,23,25)(H,24,26). The van der Waals surface area contributed by atoms with E-state index in [4.69, 9.17) is 16.9 Å². The second-order valence-corrected chi connectivity index (χ2v) is 6.10. The van der Waals surface area contributed by atoms with Crippen LogP contribution < -0.4 is 10.6 Å². The van der Waals surface area contributed by atoms with Crippen molar-refractivity contribution in [3.05, 3.63) is 82.5 Å². The van der Waals surface area contributed by atoms with E-state index in [9.17, 15) is 4.79 Å². The molecule has 0 radical (unpaired) electrons. The van der Waals surface area contributed by atoms with Crippen LogP contribution >= 0.6 is 11.6 Å². The van der Waals surface area contributed by atoms with Crippen molar-refractivity contribution in [3.8, 4) is 6.07 Å². The number of nitriles is 1. The van der Waals surface area contributed by atoms with Gasteiger partial charge >= 0.3 is 0 Å². The number of aryl methyl sites for hydroxylation is 1. The highest BCUT2D eigenvalue weighted by Crippen LogP contribution is 2.22. The van der Waals surface area contributed by atoms with Crippen LogP contribution in [0.5, 0.6) is 0 Å². The van der Waals surface area contributed by atoms with Gasteiger partial charge in [0.05, 0.1) is 17.2 Å². The molecule has 1 heterocycles. The summed E-state index contributed by atoms with van der Waals surface area (Å²) in [4.78, 5) is 16.6. The van der Waals surface area contributed by atoms with Gasteiger partial charge in [-0.1, -0.05) is 11.6 Å². The van der Waals surface area contributed by atoms with Crippen LogP contribution in [0.25, 0.3) is 0 Å². The van der Waals surface area contributed by atoms with Crippen molar-refractivity contribution in [1.29, 1.82) is 5.26 Å². The quantitative estimate of drug-likeness (QED) is 0.691. The Morgan fingerprint density at radius 3 is 2.50 bits per heavy atom. The maximum atomic E-state index is 12.3. The molecule has 6 heteroatoms. The first-order valence-corrected chi connectivity index (χ1v) is 8.24. The molecule has 26 heavy (non-hydrogen) atoms. The van der Waals surface area contributed by atoms with Crippen LogP contribution in [0.1, 0.15) is 21.5 Å². The number of halogens is 1. The fourth-order valence-corrected chi connectivity index (χ4v) is 2.57. The Morgan fingerprint density at radius 1 is 1.12 bits per heavy atom. The third-order valence-electron chi connectivity index (χ3n) is 3.75. The molecular weight excluding hydrogens is 348 g/mol. The number of anilines is 3. The van der Waals surface area contributed by atoms with E-state index in [-0.39, 0.29) is 5.91 Å². The molecule has 5 nitrogen and oxygen atoms in total. The minimum Gasteiger partial charge on any atom is -0.340 e. The van der Waals surface area contributed by atoms with Crippen molar-refractivity contribution in [2.24, 2.45) is 0 Å². The zero-order chi connectivity index (χ0) is 18.5. The van der Waals surface area contributed by atoms with Gasteiger partial charge in [-0.15, -0.1) is 0 Å².